The van der Waals surface area contributed by atoms with Crippen LogP contribution < -0.4 is 5.43 Å². The van der Waals surface area contributed by atoms with Gasteiger partial charge < -0.3 is 4.74 Å². The largest absolute Gasteiger partial charge is 0.465 e. The van der Waals surface area contributed by atoms with Crippen LogP contribution >= 0.6 is 27.3 Å². The molecule has 1 aromatic heterocycles. The number of halogens is 1. The molecule has 1 aromatic carbocycles. The third-order valence-electron chi connectivity index (χ3n) is 2.53. The molecule has 7 heteroatoms. The van der Waals surface area contributed by atoms with Gasteiger partial charge in [-0.25, -0.2) is 10.2 Å². The lowest BCUT2D eigenvalue weighted by Crippen LogP contribution is -2.16. The Hall–Kier alpha value is -1.99. The molecular formula is C14H11BrN2O3S. The van der Waals surface area contributed by atoms with Crippen LogP contribution in [0.25, 0.3) is 0 Å². The fourth-order valence-electron chi connectivity index (χ4n) is 1.56. The molecule has 1 amide bonds. The molecule has 0 saturated carbocycles. The van der Waals surface area contributed by atoms with Crippen molar-refractivity contribution >= 4 is 45.4 Å². The van der Waals surface area contributed by atoms with Crippen LogP contribution in [0.3, 0.4) is 0 Å². The van der Waals surface area contributed by atoms with Crippen molar-refractivity contribution in [3.63, 3.8) is 0 Å². The van der Waals surface area contributed by atoms with Crippen molar-refractivity contribution in [1.29, 1.82) is 0 Å². The van der Waals surface area contributed by atoms with Crippen molar-refractivity contribution in [2.45, 2.75) is 0 Å². The van der Waals surface area contributed by atoms with E-state index in [0.717, 1.165) is 3.79 Å². The number of ether oxygens (including phenoxy) is 1. The van der Waals surface area contributed by atoms with E-state index in [0.29, 0.717) is 16.0 Å². The molecule has 0 unspecified atom stereocenters. The summed E-state index contributed by atoms with van der Waals surface area (Å²) in [6, 6.07) is 10.3. The maximum atomic E-state index is 11.8. The van der Waals surface area contributed by atoms with Crippen molar-refractivity contribution < 1.29 is 14.3 Å². The average Bonchev–Trinajstić information content (AvgIpc) is 2.93. The average molecular weight is 367 g/mol. The fourth-order valence-corrected chi connectivity index (χ4v) is 2.83. The number of amides is 1. The molecule has 2 aromatic rings. The van der Waals surface area contributed by atoms with Crippen LogP contribution in [0.4, 0.5) is 0 Å². The Bertz CT molecular complexity index is 697. The van der Waals surface area contributed by atoms with Crippen LogP contribution in [0.5, 0.6) is 0 Å². The highest BCUT2D eigenvalue weighted by molar-refractivity contribution is 9.11. The van der Waals surface area contributed by atoms with Crippen molar-refractivity contribution in [3.05, 3.63) is 56.2 Å². The van der Waals surface area contributed by atoms with E-state index in [4.69, 9.17) is 0 Å². The summed E-state index contributed by atoms with van der Waals surface area (Å²) in [5.74, 6) is -0.761. The molecule has 108 valence electrons. The molecule has 1 N–H and O–H groups in total. The Morgan fingerprint density at radius 3 is 2.71 bits per heavy atom. The second-order valence-electron chi connectivity index (χ2n) is 3.88. The summed E-state index contributed by atoms with van der Waals surface area (Å²) in [6.07, 6.45) is 1.41. The van der Waals surface area contributed by atoms with Gasteiger partial charge in [0.25, 0.3) is 5.91 Å². The maximum Gasteiger partial charge on any atom is 0.338 e. The van der Waals surface area contributed by atoms with Crippen LogP contribution in [0.1, 0.15) is 25.6 Å². The molecule has 0 fully saturated rings. The number of nitrogens with one attached hydrogen (secondary N) is 1. The molecule has 21 heavy (non-hydrogen) atoms. The number of carbonyl (C=O) groups excluding carboxylic acids is 2. The molecule has 0 bridgehead atoms. The van der Waals surface area contributed by atoms with Gasteiger partial charge in [-0.15, -0.1) is 11.3 Å². The van der Waals surface area contributed by atoms with Gasteiger partial charge in [-0.3, -0.25) is 4.79 Å². The number of carbonyl (C=O) groups is 2. The lowest BCUT2D eigenvalue weighted by molar-refractivity contribution is 0.0600. The van der Waals surface area contributed by atoms with Gasteiger partial charge in [0.15, 0.2) is 0 Å². The first-order valence-corrected chi connectivity index (χ1v) is 7.49. The predicted octanol–water partition coefficient (Wildman–Crippen LogP) is 3.06. The van der Waals surface area contributed by atoms with Gasteiger partial charge >= 0.3 is 5.97 Å². The highest BCUT2D eigenvalue weighted by atomic mass is 79.9. The van der Waals surface area contributed by atoms with Crippen LogP contribution in [0.15, 0.2) is 45.3 Å². The Labute approximate surface area is 133 Å². The molecule has 0 spiro atoms. The van der Waals surface area contributed by atoms with Gasteiger partial charge in [0.1, 0.15) is 0 Å². The normalized spacial score (nSPS) is 10.6. The first kappa shape index (κ1) is 15.4. The number of benzene rings is 1. The molecule has 0 saturated heterocycles. The smallest absolute Gasteiger partial charge is 0.338 e. The van der Waals surface area contributed by atoms with E-state index in [9.17, 15) is 9.59 Å². The maximum absolute atomic E-state index is 11.8. The summed E-state index contributed by atoms with van der Waals surface area (Å²) in [7, 11) is 1.31. The lowest BCUT2D eigenvalue weighted by atomic mass is 10.1. The van der Waals surface area contributed by atoms with Crippen molar-refractivity contribution in [1.82, 2.24) is 5.43 Å². The number of rotatable bonds is 4. The van der Waals surface area contributed by atoms with Gasteiger partial charge in [0, 0.05) is 5.56 Å². The number of thiophene rings is 1. The number of hydrogen-bond donors (Lipinski definition) is 1. The molecule has 0 atom stereocenters. The van der Waals surface area contributed by atoms with Crippen molar-refractivity contribution in [3.8, 4) is 0 Å². The fraction of sp³-hybridized carbons (Fsp3) is 0.0714. The topological polar surface area (TPSA) is 67.8 Å². The van der Waals surface area contributed by atoms with Crippen molar-refractivity contribution in [2.24, 2.45) is 5.10 Å². The molecule has 5 nitrogen and oxygen atoms in total. The Kier molecular flexibility index (Phi) is 5.24. The third kappa shape index (κ3) is 3.99. The highest BCUT2D eigenvalue weighted by Crippen LogP contribution is 2.21. The standard InChI is InChI=1S/C14H11BrN2O3S/c1-20-14(19)10-5-3-2-4-9(10)8-16-17-13(18)11-6-7-12(15)21-11/h2-8H,1H3,(H,17,18)/b16-8-. The number of hydrazone groups is 1. The molecule has 2 rings (SSSR count). The summed E-state index contributed by atoms with van der Waals surface area (Å²) in [6.45, 7) is 0. The Morgan fingerprint density at radius 2 is 2.05 bits per heavy atom. The predicted molar refractivity (Wildman–Crippen MR) is 84.9 cm³/mol. The zero-order chi connectivity index (χ0) is 15.2. The van der Waals surface area contributed by atoms with Crippen molar-refractivity contribution in [2.75, 3.05) is 7.11 Å². The second-order valence-corrected chi connectivity index (χ2v) is 6.34. The van der Waals surface area contributed by atoms with Gasteiger partial charge in [0.05, 0.1) is 27.6 Å². The molecular weight excluding hydrogens is 356 g/mol. The van der Waals surface area contributed by atoms with Gasteiger partial charge in [-0.1, -0.05) is 18.2 Å². The Morgan fingerprint density at radius 1 is 1.29 bits per heavy atom. The minimum absolute atomic E-state index is 0.308. The number of methoxy groups -OCH3 is 1. The number of hydrogen-bond acceptors (Lipinski definition) is 5. The van der Waals surface area contributed by atoms with E-state index in [1.54, 1.807) is 36.4 Å². The summed E-state index contributed by atoms with van der Waals surface area (Å²) >= 11 is 4.60. The number of esters is 1. The zero-order valence-corrected chi connectivity index (χ0v) is 13.4. The zero-order valence-electron chi connectivity index (χ0n) is 11.0. The van der Waals surface area contributed by atoms with E-state index < -0.39 is 5.97 Å². The molecule has 0 aliphatic heterocycles. The SMILES string of the molecule is COC(=O)c1ccccc1/C=N\NC(=O)c1ccc(Br)s1. The lowest BCUT2D eigenvalue weighted by Gasteiger charge is -2.02. The molecule has 1 heterocycles. The summed E-state index contributed by atoms with van der Waals surface area (Å²) in [5.41, 5.74) is 3.37. The first-order valence-electron chi connectivity index (χ1n) is 5.88. The van der Waals surface area contributed by atoms with Gasteiger partial charge in [-0.2, -0.15) is 5.10 Å². The van der Waals surface area contributed by atoms with E-state index in [1.807, 2.05) is 0 Å². The molecule has 0 radical (unpaired) electrons. The van der Waals surface area contributed by atoms with Crippen LogP contribution in [0.2, 0.25) is 0 Å². The quantitative estimate of drug-likeness (QED) is 0.513. The van der Waals surface area contributed by atoms with E-state index >= 15 is 0 Å². The first-order chi connectivity index (χ1) is 10.1. The third-order valence-corrected chi connectivity index (χ3v) is 4.16. The van der Waals surface area contributed by atoms with Crippen LogP contribution in [-0.4, -0.2) is 25.2 Å². The van der Waals surface area contributed by atoms with E-state index in [1.165, 1.54) is 24.7 Å². The Balaban J connectivity index is 2.08. The summed E-state index contributed by atoms with van der Waals surface area (Å²) < 4.78 is 5.55. The van der Waals surface area contributed by atoms with E-state index in [2.05, 4.69) is 31.2 Å². The molecule has 0 aliphatic carbocycles. The van der Waals surface area contributed by atoms with Gasteiger partial charge in [-0.05, 0) is 34.1 Å². The number of nitrogens with zero attached hydrogens (tertiary/aromatic N) is 1. The summed E-state index contributed by atoms with van der Waals surface area (Å²) in [4.78, 5) is 23.9. The van der Waals surface area contributed by atoms with E-state index in [-0.39, 0.29) is 5.91 Å². The van der Waals surface area contributed by atoms with Crippen LogP contribution in [0, 0.1) is 0 Å². The monoisotopic (exact) mass is 366 g/mol. The highest BCUT2D eigenvalue weighted by Gasteiger charge is 2.10. The molecule has 0 aliphatic rings. The minimum Gasteiger partial charge on any atom is -0.465 e. The second kappa shape index (κ2) is 7.14. The minimum atomic E-state index is -0.453. The van der Waals surface area contributed by atoms with Gasteiger partial charge in [0.2, 0.25) is 0 Å². The summed E-state index contributed by atoms with van der Waals surface area (Å²) in [5, 5.41) is 3.86. The van der Waals surface area contributed by atoms with Crippen LogP contribution in [-0.2, 0) is 4.74 Å².